The van der Waals surface area contributed by atoms with Gasteiger partial charge in [0.05, 0.1) is 16.3 Å². The van der Waals surface area contributed by atoms with E-state index >= 15 is 0 Å². The van der Waals surface area contributed by atoms with Crippen molar-refractivity contribution in [2.45, 2.75) is 0 Å². The van der Waals surface area contributed by atoms with Gasteiger partial charge >= 0.3 is 5.97 Å². The van der Waals surface area contributed by atoms with Crippen molar-refractivity contribution in [1.82, 2.24) is 5.43 Å². The third-order valence-corrected chi connectivity index (χ3v) is 6.07. The molecule has 0 saturated heterocycles. The molecule has 3 aromatic rings. The van der Waals surface area contributed by atoms with Crippen molar-refractivity contribution in [3.8, 4) is 5.75 Å². The Balaban J connectivity index is 1.81. The summed E-state index contributed by atoms with van der Waals surface area (Å²) >= 11 is 13.5. The number of hydrogen-bond donors (Lipinski definition) is 1. The van der Waals surface area contributed by atoms with Crippen LogP contribution in [0.25, 0.3) is 0 Å². The maximum Gasteiger partial charge on any atom is 0.344 e. The molecular weight excluding hydrogens is 648 g/mol. The highest BCUT2D eigenvalue weighted by Crippen LogP contribution is 2.33. The number of nitrogens with zero attached hydrogens (tertiary/aromatic N) is 1. The normalized spacial score (nSPS) is 10.8. The zero-order chi connectivity index (χ0) is 21.7. The summed E-state index contributed by atoms with van der Waals surface area (Å²) in [6.07, 6.45) is 1.41. The summed E-state index contributed by atoms with van der Waals surface area (Å²) in [5, 5.41) is 4.00. The van der Waals surface area contributed by atoms with Gasteiger partial charge in [-0.15, -0.1) is 0 Å². The minimum atomic E-state index is -0.529. The first-order chi connectivity index (χ1) is 14.3. The van der Waals surface area contributed by atoms with Crippen LogP contribution in [0.4, 0.5) is 0 Å². The van der Waals surface area contributed by atoms with Gasteiger partial charge in [-0.1, -0.05) is 44.0 Å². The number of carbonyl (C=O) groups excluding carboxylic acids is 2. The van der Waals surface area contributed by atoms with Crippen LogP contribution in [-0.2, 0) is 0 Å². The summed E-state index contributed by atoms with van der Waals surface area (Å²) in [4.78, 5) is 24.8. The van der Waals surface area contributed by atoms with E-state index in [0.717, 1.165) is 8.95 Å². The molecule has 0 atom stereocenters. The maximum atomic E-state index is 12.6. The van der Waals surface area contributed by atoms with Gasteiger partial charge in [-0.05, 0) is 80.4 Å². The number of esters is 1. The second-order valence-corrected chi connectivity index (χ2v) is 9.42. The molecule has 0 unspecified atom stereocenters. The molecule has 3 aromatic carbocycles. The lowest BCUT2D eigenvalue weighted by atomic mass is 10.2. The topological polar surface area (TPSA) is 67.8 Å². The van der Waals surface area contributed by atoms with Gasteiger partial charge in [0.2, 0.25) is 0 Å². The molecule has 9 heteroatoms. The van der Waals surface area contributed by atoms with Crippen LogP contribution in [0.2, 0.25) is 0 Å². The molecule has 0 fully saturated rings. The second-order valence-electron chi connectivity index (χ2n) is 5.88. The number of nitrogens with one attached hydrogen (secondary N) is 1. The van der Waals surface area contributed by atoms with E-state index in [0.29, 0.717) is 25.6 Å². The fourth-order valence-corrected chi connectivity index (χ4v) is 4.43. The Labute approximate surface area is 206 Å². The Kier molecular flexibility index (Phi) is 7.99. The van der Waals surface area contributed by atoms with Gasteiger partial charge in [0, 0.05) is 24.5 Å². The van der Waals surface area contributed by atoms with E-state index in [1.54, 1.807) is 54.6 Å². The van der Waals surface area contributed by atoms with Gasteiger partial charge in [-0.2, -0.15) is 5.10 Å². The minimum absolute atomic E-state index is 0.278. The fraction of sp³-hybridized carbons (Fsp3) is 0. The molecule has 0 radical (unpaired) electrons. The van der Waals surface area contributed by atoms with Crippen LogP contribution in [0, 0.1) is 0 Å². The lowest BCUT2D eigenvalue weighted by Crippen LogP contribution is -2.17. The predicted molar refractivity (Wildman–Crippen MR) is 130 cm³/mol. The minimum Gasteiger partial charge on any atom is -0.421 e. The van der Waals surface area contributed by atoms with Crippen LogP contribution in [0.5, 0.6) is 5.75 Å². The molecule has 5 nitrogen and oxygen atoms in total. The maximum absolute atomic E-state index is 12.6. The molecule has 30 heavy (non-hydrogen) atoms. The fourth-order valence-electron chi connectivity index (χ4n) is 2.38. The lowest BCUT2D eigenvalue weighted by Gasteiger charge is -2.11. The van der Waals surface area contributed by atoms with Gasteiger partial charge in [-0.25, -0.2) is 10.2 Å². The number of rotatable bonds is 5. The molecule has 0 spiro atoms. The molecule has 152 valence electrons. The highest BCUT2D eigenvalue weighted by Gasteiger charge is 2.17. The number of hydrogen-bond acceptors (Lipinski definition) is 4. The van der Waals surface area contributed by atoms with E-state index in [1.807, 2.05) is 6.07 Å². The van der Waals surface area contributed by atoms with Crippen molar-refractivity contribution in [3.63, 3.8) is 0 Å². The van der Waals surface area contributed by atoms with Crippen LogP contribution in [0.3, 0.4) is 0 Å². The van der Waals surface area contributed by atoms with E-state index in [9.17, 15) is 9.59 Å². The van der Waals surface area contributed by atoms with E-state index < -0.39 is 5.97 Å². The quantitative estimate of drug-likeness (QED) is 0.143. The average molecular weight is 660 g/mol. The van der Waals surface area contributed by atoms with Crippen molar-refractivity contribution < 1.29 is 14.3 Å². The monoisotopic (exact) mass is 656 g/mol. The predicted octanol–water partition coefficient (Wildman–Crippen LogP) is 6.72. The zero-order valence-electron chi connectivity index (χ0n) is 15.0. The van der Waals surface area contributed by atoms with Crippen molar-refractivity contribution in [1.29, 1.82) is 0 Å². The Bertz CT molecular complexity index is 1130. The molecule has 0 bridgehead atoms. The first kappa shape index (κ1) is 22.9. The Morgan fingerprint density at radius 3 is 2.27 bits per heavy atom. The standard InChI is InChI=1S/C21H12Br4N2O3/c22-14-7-5-12(6-8-14)20(28)27-26-11-13-9-15(23)10-18(25)19(13)30-21(29)16-3-1-2-4-17(16)24/h1-11H,(H,27,28)/b26-11-. The van der Waals surface area contributed by atoms with E-state index in [2.05, 4.69) is 74.2 Å². The summed E-state index contributed by atoms with van der Waals surface area (Å²) in [6.45, 7) is 0. The molecule has 0 aromatic heterocycles. The van der Waals surface area contributed by atoms with Crippen LogP contribution < -0.4 is 10.2 Å². The molecule has 0 aliphatic carbocycles. The molecule has 0 aliphatic heterocycles. The summed E-state index contributed by atoms with van der Waals surface area (Å²) < 4.78 is 8.41. The Hall–Kier alpha value is -1.81. The summed E-state index contributed by atoms with van der Waals surface area (Å²) in [5.74, 6) is -0.612. The molecule has 1 amide bonds. The molecule has 1 N–H and O–H groups in total. The number of carbonyl (C=O) groups is 2. The Morgan fingerprint density at radius 2 is 1.57 bits per heavy atom. The zero-order valence-corrected chi connectivity index (χ0v) is 21.4. The molecule has 0 saturated carbocycles. The van der Waals surface area contributed by atoms with Crippen molar-refractivity contribution in [2.75, 3.05) is 0 Å². The smallest absolute Gasteiger partial charge is 0.344 e. The van der Waals surface area contributed by atoms with E-state index in [-0.39, 0.29) is 11.7 Å². The van der Waals surface area contributed by atoms with Crippen molar-refractivity contribution >= 4 is 81.8 Å². The third-order valence-electron chi connectivity index (χ3n) is 3.80. The van der Waals surface area contributed by atoms with Gasteiger partial charge in [-0.3, -0.25) is 4.79 Å². The number of ether oxygens (including phenoxy) is 1. The number of hydrazone groups is 1. The van der Waals surface area contributed by atoms with Gasteiger partial charge in [0.1, 0.15) is 0 Å². The molecule has 3 rings (SSSR count). The highest BCUT2D eigenvalue weighted by atomic mass is 79.9. The van der Waals surface area contributed by atoms with Crippen LogP contribution >= 0.6 is 63.7 Å². The van der Waals surface area contributed by atoms with Gasteiger partial charge in [0.15, 0.2) is 5.75 Å². The summed E-state index contributed by atoms with van der Waals surface area (Å²) in [5.41, 5.74) is 3.81. The largest absolute Gasteiger partial charge is 0.421 e. The second kappa shape index (κ2) is 10.5. The highest BCUT2D eigenvalue weighted by molar-refractivity contribution is 9.11. The molecular formula is C21H12Br4N2O3. The SMILES string of the molecule is O=C(N/N=C\c1cc(Br)cc(Br)c1OC(=O)c1ccccc1Br)c1ccc(Br)cc1. The molecule has 0 aliphatic rings. The van der Waals surface area contributed by atoms with E-state index in [4.69, 9.17) is 4.74 Å². The van der Waals surface area contributed by atoms with Crippen molar-refractivity contribution in [3.05, 3.63) is 95.2 Å². The summed E-state index contributed by atoms with van der Waals surface area (Å²) in [7, 11) is 0. The third kappa shape index (κ3) is 5.87. The van der Waals surface area contributed by atoms with E-state index in [1.165, 1.54) is 6.21 Å². The van der Waals surface area contributed by atoms with Crippen LogP contribution in [-0.4, -0.2) is 18.1 Å². The van der Waals surface area contributed by atoms with Crippen LogP contribution in [0.15, 0.2) is 83.7 Å². The lowest BCUT2D eigenvalue weighted by molar-refractivity contribution is 0.0732. The van der Waals surface area contributed by atoms with Crippen LogP contribution in [0.1, 0.15) is 26.3 Å². The number of amides is 1. The molecule has 0 heterocycles. The van der Waals surface area contributed by atoms with Gasteiger partial charge < -0.3 is 4.74 Å². The average Bonchev–Trinajstić information content (AvgIpc) is 2.71. The number of benzene rings is 3. The summed E-state index contributed by atoms with van der Waals surface area (Å²) in [6, 6.07) is 17.3. The van der Waals surface area contributed by atoms with Crippen molar-refractivity contribution in [2.24, 2.45) is 5.10 Å². The number of halogens is 4. The first-order valence-corrected chi connectivity index (χ1v) is 11.6. The van der Waals surface area contributed by atoms with Gasteiger partial charge in [0.25, 0.3) is 5.91 Å². The Morgan fingerprint density at radius 1 is 0.867 bits per heavy atom. The first-order valence-electron chi connectivity index (χ1n) is 8.40.